The van der Waals surface area contributed by atoms with E-state index in [-0.39, 0.29) is 23.1 Å². The molecule has 3 heterocycles. The fourth-order valence-corrected chi connectivity index (χ4v) is 5.50. The lowest BCUT2D eigenvalue weighted by atomic mass is 9.92. The maximum atomic E-state index is 14.5. The van der Waals surface area contributed by atoms with E-state index in [1.165, 1.54) is 17.7 Å². The van der Waals surface area contributed by atoms with Crippen molar-refractivity contribution in [3.8, 4) is 5.75 Å². The molecule has 3 amide bonds. The van der Waals surface area contributed by atoms with Crippen LogP contribution in [0.25, 0.3) is 0 Å². The van der Waals surface area contributed by atoms with Gasteiger partial charge in [-0.05, 0) is 30.8 Å². The summed E-state index contributed by atoms with van der Waals surface area (Å²) in [5, 5.41) is 9.91. The number of likely N-dealkylation sites (tertiary alicyclic amines) is 1. The number of rotatable bonds is 7. The van der Waals surface area contributed by atoms with E-state index in [9.17, 15) is 14.0 Å². The van der Waals surface area contributed by atoms with Gasteiger partial charge in [-0.2, -0.15) is 5.10 Å². The summed E-state index contributed by atoms with van der Waals surface area (Å²) in [4.78, 5) is 32.5. The van der Waals surface area contributed by atoms with Crippen LogP contribution < -0.4 is 15.4 Å². The zero-order valence-corrected chi connectivity index (χ0v) is 26.4. The zero-order chi connectivity index (χ0) is 31.4. The van der Waals surface area contributed by atoms with E-state index in [1.54, 1.807) is 17.8 Å². The highest BCUT2D eigenvalue weighted by Crippen LogP contribution is 2.26. The average molecular weight is 606 g/mol. The number of halogens is 1. The quantitative estimate of drug-likeness (QED) is 0.397. The van der Waals surface area contributed by atoms with Gasteiger partial charge in [-0.25, -0.2) is 9.18 Å². The Bertz CT molecular complexity index is 1450. The summed E-state index contributed by atoms with van der Waals surface area (Å²) in [7, 11) is 3.90. The highest BCUT2D eigenvalue weighted by atomic mass is 19.1. The van der Waals surface area contributed by atoms with E-state index in [1.807, 2.05) is 43.9 Å². The van der Waals surface area contributed by atoms with Gasteiger partial charge in [0.2, 0.25) is 0 Å². The van der Waals surface area contributed by atoms with Gasteiger partial charge < -0.3 is 19.9 Å². The van der Waals surface area contributed by atoms with Crippen molar-refractivity contribution < 1.29 is 18.7 Å². The summed E-state index contributed by atoms with van der Waals surface area (Å²) in [6, 6.07) is 13.4. The SMILES string of the molecule is CN1CCN(Cc2ccc(C(=O)N3CCC(Oc4cc(F)cc(NC(=O)Nc5cc(C(C)(C)C)nn5C)c4)CC3)cc2)CC1. The normalized spacial score (nSPS) is 17.0. The summed E-state index contributed by atoms with van der Waals surface area (Å²) in [6.07, 6.45) is 1.09. The number of nitrogens with one attached hydrogen (secondary N) is 2. The molecule has 236 valence electrons. The number of benzene rings is 2. The lowest BCUT2D eigenvalue weighted by molar-refractivity contribution is 0.0595. The van der Waals surface area contributed by atoms with Crippen molar-refractivity contribution in [2.24, 2.45) is 7.05 Å². The summed E-state index contributed by atoms with van der Waals surface area (Å²) in [5.41, 5.74) is 2.86. The molecule has 5 rings (SSSR count). The lowest BCUT2D eigenvalue weighted by Gasteiger charge is -2.33. The molecular weight excluding hydrogens is 561 g/mol. The molecular formula is C33H44FN7O3. The van der Waals surface area contributed by atoms with Gasteiger partial charge in [-0.15, -0.1) is 0 Å². The monoisotopic (exact) mass is 605 g/mol. The molecule has 2 saturated heterocycles. The fraction of sp³-hybridized carbons (Fsp3) is 0.485. The van der Waals surface area contributed by atoms with Crippen LogP contribution in [0.4, 0.5) is 20.7 Å². The standard InChI is InChI=1S/C33H44FN7O3/c1-33(2,3)29-21-30(39(5)37-29)36-32(43)35-26-18-25(34)19-28(20-26)44-27-10-12-41(13-11-27)31(42)24-8-6-23(7-9-24)22-40-16-14-38(4)15-17-40/h6-9,18-21,27H,10-17,22H2,1-5H3,(H2,35,36,43). The molecule has 2 aliphatic rings. The van der Waals surface area contributed by atoms with Crippen molar-refractivity contribution in [3.05, 3.63) is 71.2 Å². The molecule has 10 nitrogen and oxygen atoms in total. The average Bonchev–Trinajstić information content (AvgIpc) is 3.34. The number of carbonyl (C=O) groups excluding carboxylic acids is 2. The molecule has 0 saturated carbocycles. The van der Waals surface area contributed by atoms with E-state index in [4.69, 9.17) is 4.74 Å². The second-order valence-corrected chi connectivity index (χ2v) is 12.9. The number of anilines is 2. The van der Waals surface area contributed by atoms with Gasteiger partial charge in [-0.3, -0.25) is 19.7 Å². The summed E-state index contributed by atoms with van der Waals surface area (Å²) in [6.45, 7) is 12.4. The van der Waals surface area contributed by atoms with Crippen molar-refractivity contribution in [1.82, 2.24) is 24.5 Å². The third kappa shape index (κ3) is 8.15. The third-order valence-electron chi connectivity index (χ3n) is 8.25. The number of ether oxygens (including phenoxy) is 1. The molecule has 3 aromatic rings. The number of aromatic nitrogens is 2. The predicted molar refractivity (Wildman–Crippen MR) is 170 cm³/mol. The number of likely N-dealkylation sites (N-methyl/N-ethyl adjacent to an activating group) is 1. The van der Waals surface area contributed by atoms with Crippen LogP contribution in [-0.4, -0.2) is 88.8 Å². The highest BCUT2D eigenvalue weighted by Gasteiger charge is 2.25. The third-order valence-corrected chi connectivity index (χ3v) is 8.25. The lowest BCUT2D eigenvalue weighted by Crippen LogP contribution is -2.43. The van der Waals surface area contributed by atoms with Crippen molar-refractivity contribution in [2.45, 2.75) is 51.7 Å². The van der Waals surface area contributed by atoms with Gasteiger partial charge in [0.15, 0.2) is 0 Å². The molecule has 44 heavy (non-hydrogen) atoms. The van der Waals surface area contributed by atoms with E-state index in [0.717, 1.165) is 38.4 Å². The number of aryl methyl sites for hydroxylation is 1. The van der Waals surface area contributed by atoms with Crippen LogP contribution in [0.2, 0.25) is 0 Å². The number of piperidine rings is 1. The number of hydrogen-bond acceptors (Lipinski definition) is 6. The Morgan fingerprint density at radius 3 is 2.25 bits per heavy atom. The highest BCUT2D eigenvalue weighted by molar-refractivity contribution is 5.99. The van der Waals surface area contributed by atoms with Crippen LogP contribution in [0.3, 0.4) is 0 Å². The Hall–Kier alpha value is -3.96. The number of nitrogens with zero attached hydrogens (tertiary/aromatic N) is 5. The summed E-state index contributed by atoms with van der Waals surface area (Å²) < 4.78 is 22.2. The molecule has 2 aliphatic heterocycles. The van der Waals surface area contributed by atoms with Gasteiger partial charge in [0.1, 0.15) is 23.5 Å². The molecule has 0 atom stereocenters. The van der Waals surface area contributed by atoms with Crippen molar-refractivity contribution in [1.29, 1.82) is 0 Å². The largest absolute Gasteiger partial charge is 0.490 e. The molecule has 1 aromatic heterocycles. The first-order valence-electron chi connectivity index (χ1n) is 15.3. The number of amides is 3. The fourth-order valence-electron chi connectivity index (χ4n) is 5.50. The first kappa shape index (κ1) is 31.5. The molecule has 0 spiro atoms. The number of urea groups is 1. The van der Waals surface area contributed by atoms with Crippen LogP contribution in [0.1, 0.15) is 55.2 Å². The molecule has 11 heteroatoms. The number of carbonyl (C=O) groups is 2. The van der Waals surface area contributed by atoms with E-state index >= 15 is 0 Å². The van der Waals surface area contributed by atoms with Crippen LogP contribution in [0.15, 0.2) is 48.5 Å². The number of piperazine rings is 1. The topological polar surface area (TPSA) is 95.0 Å². The van der Waals surface area contributed by atoms with Gasteiger partial charge in [-0.1, -0.05) is 32.9 Å². The molecule has 2 N–H and O–H groups in total. The Kier molecular flexibility index (Phi) is 9.55. The smallest absolute Gasteiger partial charge is 0.324 e. The van der Waals surface area contributed by atoms with Gasteiger partial charge in [0, 0.05) is 101 Å². The summed E-state index contributed by atoms with van der Waals surface area (Å²) >= 11 is 0. The van der Waals surface area contributed by atoms with Crippen LogP contribution >= 0.6 is 0 Å². The van der Waals surface area contributed by atoms with Crippen LogP contribution in [-0.2, 0) is 19.0 Å². The Morgan fingerprint density at radius 2 is 1.61 bits per heavy atom. The second kappa shape index (κ2) is 13.4. The van der Waals surface area contributed by atoms with E-state index < -0.39 is 11.8 Å². The van der Waals surface area contributed by atoms with E-state index in [2.05, 4.69) is 44.7 Å². The van der Waals surface area contributed by atoms with Gasteiger partial charge in [0.25, 0.3) is 5.91 Å². The minimum Gasteiger partial charge on any atom is -0.490 e. The van der Waals surface area contributed by atoms with Crippen LogP contribution in [0, 0.1) is 5.82 Å². The first-order valence-corrected chi connectivity index (χ1v) is 15.3. The maximum absolute atomic E-state index is 14.5. The second-order valence-electron chi connectivity index (χ2n) is 12.9. The molecule has 0 radical (unpaired) electrons. The van der Waals surface area contributed by atoms with Crippen LogP contribution in [0.5, 0.6) is 5.75 Å². The van der Waals surface area contributed by atoms with Crippen molar-refractivity contribution in [3.63, 3.8) is 0 Å². The molecule has 0 bridgehead atoms. The minimum atomic E-state index is -0.517. The first-order chi connectivity index (χ1) is 20.9. The molecule has 2 aromatic carbocycles. The molecule has 0 unspecified atom stereocenters. The summed E-state index contributed by atoms with van der Waals surface area (Å²) in [5.74, 6) is 0.359. The molecule has 0 aliphatic carbocycles. The van der Waals surface area contributed by atoms with Gasteiger partial charge >= 0.3 is 6.03 Å². The Morgan fingerprint density at radius 1 is 0.932 bits per heavy atom. The maximum Gasteiger partial charge on any atom is 0.324 e. The minimum absolute atomic E-state index is 0.0147. The zero-order valence-electron chi connectivity index (χ0n) is 26.4. The van der Waals surface area contributed by atoms with E-state index in [0.29, 0.717) is 43.1 Å². The Balaban J connectivity index is 1.11. The van der Waals surface area contributed by atoms with Crippen molar-refractivity contribution in [2.75, 3.05) is 56.9 Å². The predicted octanol–water partition coefficient (Wildman–Crippen LogP) is 4.93. The Labute approximate surface area is 259 Å². The van der Waals surface area contributed by atoms with Gasteiger partial charge in [0.05, 0.1) is 5.69 Å². The van der Waals surface area contributed by atoms with Crippen molar-refractivity contribution >= 4 is 23.4 Å². The molecule has 2 fully saturated rings. The number of hydrogen-bond donors (Lipinski definition) is 2.